The monoisotopic (exact) mass is 255 g/mol. The van der Waals surface area contributed by atoms with Crippen LogP contribution in [-0.2, 0) is 9.53 Å². The van der Waals surface area contributed by atoms with Gasteiger partial charge in [0.25, 0.3) is 0 Å². The lowest BCUT2D eigenvalue weighted by Crippen LogP contribution is -2.07. The first-order valence-corrected chi connectivity index (χ1v) is 6.72. The van der Waals surface area contributed by atoms with Crippen LogP contribution in [0.4, 0.5) is 0 Å². The maximum Gasteiger partial charge on any atom is 0.309 e. The van der Waals surface area contributed by atoms with Gasteiger partial charge in [-0.3, -0.25) is 9.78 Å². The van der Waals surface area contributed by atoms with Crippen LogP contribution in [0, 0.1) is 12.8 Å². The smallest absolute Gasteiger partial charge is 0.309 e. The van der Waals surface area contributed by atoms with Gasteiger partial charge in [-0.05, 0) is 31.7 Å². The number of carbonyl (C=O) groups excluding carboxylic acids is 1. The van der Waals surface area contributed by atoms with Gasteiger partial charge >= 0.3 is 5.97 Å². The highest BCUT2D eigenvalue weighted by Gasteiger charge is 2.46. The summed E-state index contributed by atoms with van der Waals surface area (Å²) in [5.41, 5.74) is 2.28. The Kier molecular flexibility index (Phi) is 2.97. The molecule has 0 saturated heterocycles. The third-order valence-corrected chi connectivity index (χ3v) is 3.68. The molecule has 98 valence electrons. The van der Waals surface area contributed by atoms with Gasteiger partial charge in [-0.25, -0.2) is 0 Å². The lowest BCUT2D eigenvalue weighted by Gasteiger charge is -2.06. The number of hydrogen-bond acceptors (Lipinski definition) is 3. The van der Waals surface area contributed by atoms with E-state index in [2.05, 4.69) is 30.1 Å². The SMILES string of the molecule is CCOC(=O)C1CC1c1nccc2cc(C)ccc12. The number of ether oxygens (including phenoxy) is 1. The zero-order chi connectivity index (χ0) is 13.4. The maximum absolute atomic E-state index is 11.7. The van der Waals surface area contributed by atoms with Gasteiger partial charge in [0.15, 0.2) is 0 Å². The molecule has 2 atom stereocenters. The van der Waals surface area contributed by atoms with Crippen molar-refractivity contribution in [3.8, 4) is 0 Å². The Bertz CT molecular complexity index is 636. The molecule has 3 nitrogen and oxygen atoms in total. The van der Waals surface area contributed by atoms with Crippen LogP contribution in [0.1, 0.15) is 30.5 Å². The Labute approximate surface area is 112 Å². The summed E-state index contributed by atoms with van der Waals surface area (Å²) in [6, 6.07) is 8.37. The van der Waals surface area contributed by atoms with Gasteiger partial charge in [-0.1, -0.05) is 23.8 Å². The van der Waals surface area contributed by atoms with Crippen molar-refractivity contribution in [1.29, 1.82) is 0 Å². The summed E-state index contributed by atoms with van der Waals surface area (Å²) in [5, 5.41) is 2.35. The predicted molar refractivity (Wildman–Crippen MR) is 74.0 cm³/mol. The molecule has 3 heteroatoms. The summed E-state index contributed by atoms with van der Waals surface area (Å²) < 4.78 is 5.08. The highest BCUT2D eigenvalue weighted by Crippen LogP contribution is 2.49. The topological polar surface area (TPSA) is 39.2 Å². The number of carbonyl (C=O) groups is 1. The normalized spacial score (nSPS) is 21.4. The van der Waals surface area contributed by atoms with E-state index in [9.17, 15) is 4.79 Å². The molecular weight excluding hydrogens is 238 g/mol. The number of benzene rings is 1. The van der Waals surface area contributed by atoms with Crippen molar-refractivity contribution in [2.75, 3.05) is 6.61 Å². The van der Waals surface area contributed by atoms with Crippen LogP contribution in [0.25, 0.3) is 10.8 Å². The second-order valence-electron chi connectivity index (χ2n) is 5.12. The molecule has 0 spiro atoms. The molecule has 1 aliphatic carbocycles. The van der Waals surface area contributed by atoms with E-state index in [1.54, 1.807) is 0 Å². The van der Waals surface area contributed by atoms with E-state index < -0.39 is 0 Å². The van der Waals surface area contributed by atoms with Crippen LogP contribution in [0.2, 0.25) is 0 Å². The molecule has 0 amide bonds. The van der Waals surface area contributed by atoms with E-state index in [-0.39, 0.29) is 17.8 Å². The highest BCUT2D eigenvalue weighted by molar-refractivity contribution is 5.87. The number of aryl methyl sites for hydroxylation is 1. The van der Waals surface area contributed by atoms with E-state index in [1.165, 1.54) is 10.9 Å². The molecule has 0 radical (unpaired) electrons. The lowest BCUT2D eigenvalue weighted by atomic mass is 10.0. The minimum absolute atomic E-state index is 0.000599. The molecule has 0 bridgehead atoms. The first-order chi connectivity index (χ1) is 9.20. The molecule has 1 aromatic heterocycles. The molecule has 1 aliphatic rings. The van der Waals surface area contributed by atoms with Crippen LogP contribution in [0.5, 0.6) is 0 Å². The Balaban J connectivity index is 1.93. The van der Waals surface area contributed by atoms with Crippen molar-refractivity contribution < 1.29 is 9.53 Å². The summed E-state index contributed by atoms with van der Waals surface area (Å²) in [7, 11) is 0. The van der Waals surface area contributed by atoms with Crippen molar-refractivity contribution in [2.24, 2.45) is 5.92 Å². The molecule has 1 saturated carbocycles. The van der Waals surface area contributed by atoms with Crippen LogP contribution in [-0.4, -0.2) is 17.6 Å². The standard InChI is InChI=1S/C16H17NO2/c1-3-19-16(18)14-9-13(14)15-12-5-4-10(2)8-11(12)6-7-17-15/h4-8,13-14H,3,9H2,1-2H3. The number of aromatic nitrogens is 1. The number of esters is 1. The zero-order valence-corrected chi connectivity index (χ0v) is 11.2. The molecule has 2 unspecified atom stereocenters. The molecule has 3 rings (SSSR count). The molecule has 0 aliphatic heterocycles. The van der Waals surface area contributed by atoms with Gasteiger partial charge in [0.2, 0.25) is 0 Å². The van der Waals surface area contributed by atoms with Gasteiger partial charge in [0.05, 0.1) is 18.2 Å². The van der Waals surface area contributed by atoms with E-state index in [0.29, 0.717) is 6.61 Å². The number of fused-ring (bicyclic) bond motifs is 1. The minimum atomic E-state index is -0.0848. The second-order valence-corrected chi connectivity index (χ2v) is 5.12. The van der Waals surface area contributed by atoms with Crippen molar-refractivity contribution in [3.05, 3.63) is 41.7 Å². The average molecular weight is 255 g/mol. The largest absolute Gasteiger partial charge is 0.466 e. The van der Waals surface area contributed by atoms with E-state index in [1.807, 2.05) is 19.2 Å². The van der Waals surface area contributed by atoms with Crippen molar-refractivity contribution in [3.63, 3.8) is 0 Å². The second kappa shape index (κ2) is 4.65. The predicted octanol–water partition coefficient (Wildman–Crippen LogP) is 3.21. The van der Waals surface area contributed by atoms with Gasteiger partial charge < -0.3 is 4.74 Å². The minimum Gasteiger partial charge on any atom is -0.466 e. The molecule has 2 aromatic rings. The van der Waals surface area contributed by atoms with Crippen molar-refractivity contribution in [1.82, 2.24) is 4.98 Å². The fourth-order valence-electron chi connectivity index (χ4n) is 2.62. The van der Waals surface area contributed by atoms with Gasteiger partial charge in [0.1, 0.15) is 0 Å². The fraction of sp³-hybridized carbons (Fsp3) is 0.375. The fourth-order valence-corrected chi connectivity index (χ4v) is 2.62. The van der Waals surface area contributed by atoms with Gasteiger partial charge in [-0.15, -0.1) is 0 Å². The molecule has 0 N–H and O–H groups in total. The lowest BCUT2D eigenvalue weighted by molar-refractivity contribution is -0.144. The van der Waals surface area contributed by atoms with Crippen LogP contribution < -0.4 is 0 Å². The highest BCUT2D eigenvalue weighted by atomic mass is 16.5. The third kappa shape index (κ3) is 2.21. The third-order valence-electron chi connectivity index (χ3n) is 3.68. The Hall–Kier alpha value is -1.90. The van der Waals surface area contributed by atoms with Gasteiger partial charge in [-0.2, -0.15) is 0 Å². The summed E-state index contributed by atoms with van der Waals surface area (Å²) in [6.07, 6.45) is 2.69. The number of nitrogens with zero attached hydrogens (tertiary/aromatic N) is 1. The van der Waals surface area contributed by atoms with E-state index in [4.69, 9.17) is 4.74 Å². The Morgan fingerprint density at radius 3 is 3.05 bits per heavy atom. The quantitative estimate of drug-likeness (QED) is 0.790. The van der Waals surface area contributed by atoms with Crippen LogP contribution in [0.3, 0.4) is 0 Å². The summed E-state index contributed by atoms with van der Waals surface area (Å²) in [5.74, 6) is 0.142. The number of rotatable bonds is 3. The van der Waals surface area contributed by atoms with E-state index >= 15 is 0 Å². The maximum atomic E-state index is 11.7. The van der Waals surface area contributed by atoms with E-state index in [0.717, 1.165) is 17.5 Å². The molecule has 1 heterocycles. The molecular formula is C16H17NO2. The van der Waals surface area contributed by atoms with Crippen molar-refractivity contribution in [2.45, 2.75) is 26.2 Å². The van der Waals surface area contributed by atoms with Crippen molar-refractivity contribution >= 4 is 16.7 Å². The zero-order valence-electron chi connectivity index (χ0n) is 11.2. The summed E-state index contributed by atoms with van der Waals surface area (Å²) in [4.78, 5) is 16.2. The molecule has 1 aromatic carbocycles. The van der Waals surface area contributed by atoms with Gasteiger partial charge in [0, 0.05) is 17.5 Å². The molecule has 19 heavy (non-hydrogen) atoms. The average Bonchev–Trinajstić information content (AvgIpc) is 3.18. The Morgan fingerprint density at radius 1 is 1.42 bits per heavy atom. The summed E-state index contributed by atoms with van der Waals surface area (Å²) >= 11 is 0. The Morgan fingerprint density at radius 2 is 2.26 bits per heavy atom. The first-order valence-electron chi connectivity index (χ1n) is 6.72. The van der Waals surface area contributed by atoms with Crippen LogP contribution in [0.15, 0.2) is 30.5 Å². The summed E-state index contributed by atoms with van der Waals surface area (Å²) in [6.45, 7) is 4.37. The first kappa shape index (κ1) is 12.2. The molecule has 1 fully saturated rings. The number of pyridine rings is 1. The van der Waals surface area contributed by atoms with Crippen LogP contribution >= 0.6 is 0 Å². The number of hydrogen-bond donors (Lipinski definition) is 0.